The molecule has 0 bridgehead atoms. The molecule has 1 atom stereocenters. The number of anilines is 1. The number of rotatable bonds is 6. The zero-order valence-electron chi connectivity index (χ0n) is 14.4. The number of nitrogens with one attached hydrogen (secondary N) is 2. The predicted octanol–water partition coefficient (Wildman–Crippen LogP) is 4.05. The van der Waals surface area contributed by atoms with Gasteiger partial charge in [-0.25, -0.2) is 0 Å². The molecular weight excluding hydrogens is 348 g/mol. The third-order valence-corrected chi connectivity index (χ3v) is 4.64. The lowest BCUT2D eigenvalue weighted by molar-refractivity contribution is -0.124. The summed E-state index contributed by atoms with van der Waals surface area (Å²) in [5.41, 5.74) is 1.23. The number of aromatic nitrogens is 2. The Morgan fingerprint density at radius 2 is 2.12 bits per heavy atom. The molecule has 0 aliphatic rings. The SMILES string of the molecule is CC(C)C(Oc1ccccc1C#N)C(=O)Nc1cc(-c2cccs2)[nH]n1. The second-order valence-corrected chi connectivity index (χ2v) is 6.97. The van der Waals surface area contributed by atoms with Crippen molar-refractivity contribution in [2.45, 2.75) is 20.0 Å². The molecule has 3 aromatic rings. The number of carbonyl (C=O) groups is 1. The van der Waals surface area contributed by atoms with Crippen LogP contribution in [0.25, 0.3) is 10.6 Å². The zero-order chi connectivity index (χ0) is 18.5. The van der Waals surface area contributed by atoms with E-state index in [4.69, 9.17) is 4.74 Å². The van der Waals surface area contributed by atoms with Crippen molar-refractivity contribution >= 4 is 23.1 Å². The van der Waals surface area contributed by atoms with E-state index in [2.05, 4.69) is 21.6 Å². The van der Waals surface area contributed by atoms with Crippen LogP contribution in [0, 0.1) is 17.2 Å². The number of carbonyl (C=O) groups excluding carboxylic acids is 1. The lowest BCUT2D eigenvalue weighted by Gasteiger charge is -2.21. The number of nitrogens with zero attached hydrogens (tertiary/aromatic N) is 2. The van der Waals surface area contributed by atoms with Crippen molar-refractivity contribution in [2.75, 3.05) is 5.32 Å². The van der Waals surface area contributed by atoms with Gasteiger partial charge >= 0.3 is 0 Å². The number of ether oxygens (including phenoxy) is 1. The van der Waals surface area contributed by atoms with Crippen LogP contribution in [0.3, 0.4) is 0 Å². The first-order valence-corrected chi connectivity index (χ1v) is 9.02. The van der Waals surface area contributed by atoms with Crippen molar-refractivity contribution in [3.05, 3.63) is 53.4 Å². The van der Waals surface area contributed by atoms with Crippen LogP contribution in [0.2, 0.25) is 0 Å². The first-order chi connectivity index (χ1) is 12.6. The van der Waals surface area contributed by atoms with E-state index in [-0.39, 0.29) is 11.8 Å². The molecule has 0 aliphatic carbocycles. The van der Waals surface area contributed by atoms with Gasteiger partial charge in [0.05, 0.1) is 16.1 Å². The zero-order valence-corrected chi connectivity index (χ0v) is 15.2. The topological polar surface area (TPSA) is 90.8 Å². The van der Waals surface area contributed by atoms with Gasteiger partial charge in [0.25, 0.3) is 5.91 Å². The van der Waals surface area contributed by atoms with Crippen LogP contribution in [0.4, 0.5) is 5.82 Å². The van der Waals surface area contributed by atoms with Crippen LogP contribution >= 0.6 is 11.3 Å². The Bertz CT molecular complexity index is 925. The largest absolute Gasteiger partial charge is 0.479 e. The molecule has 1 aromatic carbocycles. The number of hydrogen-bond donors (Lipinski definition) is 2. The second kappa shape index (κ2) is 7.85. The monoisotopic (exact) mass is 366 g/mol. The van der Waals surface area contributed by atoms with Crippen LogP contribution in [0.15, 0.2) is 47.8 Å². The van der Waals surface area contributed by atoms with Gasteiger partial charge in [0.1, 0.15) is 11.8 Å². The molecule has 1 amide bonds. The molecule has 132 valence electrons. The van der Waals surface area contributed by atoms with E-state index in [1.807, 2.05) is 31.4 Å². The third-order valence-electron chi connectivity index (χ3n) is 3.74. The summed E-state index contributed by atoms with van der Waals surface area (Å²) in [4.78, 5) is 13.7. The van der Waals surface area contributed by atoms with E-state index in [0.29, 0.717) is 17.1 Å². The number of H-pyrrole nitrogens is 1. The lowest BCUT2D eigenvalue weighted by Crippen LogP contribution is -2.37. The highest BCUT2D eigenvalue weighted by Crippen LogP contribution is 2.25. The summed E-state index contributed by atoms with van der Waals surface area (Å²) in [6.45, 7) is 3.78. The molecule has 2 N–H and O–H groups in total. The van der Waals surface area contributed by atoms with Crippen molar-refractivity contribution in [1.82, 2.24) is 10.2 Å². The van der Waals surface area contributed by atoms with E-state index in [1.165, 1.54) is 0 Å². The van der Waals surface area contributed by atoms with E-state index in [1.54, 1.807) is 41.7 Å². The van der Waals surface area contributed by atoms with E-state index in [0.717, 1.165) is 10.6 Å². The van der Waals surface area contributed by atoms with Crippen molar-refractivity contribution < 1.29 is 9.53 Å². The molecule has 0 saturated heterocycles. The molecule has 1 unspecified atom stereocenters. The first-order valence-electron chi connectivity index (χ1n) is 8.14. The number of para-hydroxylation sites is 1. The van der Waals surface area contributed by atoms with Crippen LogP contribution < -0.4 is 10.1 Å². The number of hydrogen-bond acceptors (Lipinski definition) is 5. The molecule has 0 radical (unpaired) electrons. The highest BCUT2D eigenvalue weighted by atomic mass is 32.1. The average molecular weight is 366 g/mol. The molecule has 2 aromatic heterocycles. The molecule has 0 aliphatic heterocycles. The molecule has 0 spiro atoms. The Labute approximate surface area is 155 Å². The molecule has 6 nitrogen and oxygen atoms in total. The summed E-state index contributed by atoms with van der Waals surface area (Å²) >= 11 is 1.59. The van der Waals surface area contributed by atoms with Gasteiger partial charge < -0.3 is 10.1 Å². The first kappa shape index (κ1) is 17.7. The minimum Gasteiger partial charge on any atom is -0.479 e. The summed E-state index contributed by atoms with van der Waals surface area (Å²) in [6, 6.07) is 14.7. The number of aromatic amines is 1. The Balaban J connectivity index is 1.74. The Morgan fingerprint density at radius 3 is 2.81 bits per heavy atom. The summed E-state index contributed by atoms with van der Waals surface area (Å²) < 4.78 is 5.84. The van der Waals surface area contributed by atoms with E-state index < -0.39 is 6.10 Å². The van der Waals surface area contributed by atoms with E-state index >= 15 is 0 Å². The lowest BCUT2D eigenvalue weighted by atomic mass is 10.1. The van der Waals surface area contributed by atoms with Crippen molar-refractivity contribution in [2.24, 2.45) is 5.92 Å². The molecule has 7 heteroatoms. The quantitative estimate of drug-likeness (QED) is 0.688. The number of benzene rings is 1. The average Bonchev–Trinajstić information content (AvgIpc) is 3.31. The van der Waals surface area contributed by atoms with Gasteiger partial charge in [-0.15, -0.1) is 11.3 Å². The van der Waals surface area contributed by atoms with Crippen LogP contribution in [-0.4, -0.2) is 22.2 Å². The maximum Gasteiger partial charge on any atom is 0.266 e. The van der Waals surface area contributed by atoms with Crippen molar-refractivity contribution in [3.8, 4) is 22.4 Å². The predicted molar refractivity (Wildman–Crippen MR) is 101 cm³/mol. The summed E-state index contributed by atoms with van der Waals surface area (Å²) in [5.74, 6) is 0.431. The van der Waals surface area contributed by atoms with Crippen molar-refractivity contribution in [1.29, 1.82) is 5.26 Å². The highest BCUT2D eigenvalue weighted by molar-refractivity contribution is 7.13. The molecule has 0 fully saturated rings. The van der Waals surface area contributed by atoms with Gasteiger partial charge in [0.2, 0.25) is 0 Å². The normalized spacial score (nSPS) is 11.8. The Hall–Kier alpha value is -3.11. The van der Waals surface area contributed by atoms with Gasteiger partial charge in [-0.3, -0.25) is 9.89 Å². The minimum absolute atomic E-state index is 0.0857. The molecule has 3 rings (SSSR count). The van der Waals surface area contributed by atoms with Gasteiger partial charge in [-0.05, 0) is 29.5 Å². The summed E-state index contributed by atoms with van der Waals surface area (Å²) in [7, 11) is 0. The summed E-state index contributed by atoms with van der Waals surface area (Å²) in [6.07, 6.45) is -0.744. The maximum atomic E-state index is 12.7. The van der Waals surface area contributed by atoms with E-state index in [9.17, 15) is 10.1 Å². The highest BCUT2D eigenvalue weighted by Gasteiger charge is 2.26. The fraction of sp³-hybridized carbons (Fsp3) is 0.211. The second-order valence-electron chi connectivity index (χ2n) is 6.02. The maximum absolute atomic E-state index is 12.7. The van der Waals surface area contributed by atoms with Gasteiger partial charge in [-0.2, -0.15) is 10.4 Å². The third kappa shape index (κ3) is 3.92. The molecular formula is C19H18N4O2S. The van der Waals surface area contributed by atoms with Gasteiger partial charge in [0.15, 0.2) is 11.9 Å². The fourth-order valence-electron chi connectivity index (χ4n) is 2.43. The Kier molecular flexibility index (Phi) is 5.34. The Morgan fingerprint density at radius 1 is 1.31 bits per heavy atom. The smallest absolute Gasteiger partial charge is 0.266 e. The number of nitriles is 1. The standard InChI is InChI=1S/C19H18N4O2S/c1-12(2)18(25-15-7-4-3-6-13(15)11-20)19(24)21-17-10-14(22-23-17)16-8-5-9-26-16/h3-10,12,18H,1-2H3,(H2,21,22,23,24). The molecule has 0 saturated carbocycles. The summed E-state index contributed by atoms with van der Waals surface area (Å²) in [5, 5.41) is 21.0. The minimum atomic E-state index is -0.744. The van der Waals surface area contributed by atoms with Crippen molar-refractivity contribution in [3.63, 3.8) is 0 Å². The van der Waals surface area contributed by atoms with Crippen LogP contribution in [0.5, 0.6) is 5.75 Å². The number of amides is 1. The van der Waals surface area contributed by atoms with Crippen LogP contribution in [0.1, 0.15) is 19.4 Å². The number of thiophene rings is 1. The van der Waals surface area contributed by atoms with Gasteiger partial charge in [-0.1, -0.05) is 32.0 Å². The van der Waals surface area contributed by atoms with Gasteiger partial charge in [0, 0.05) is 6.07 Å². The molecule has 2 heterocycles. The van der Waals surface area contributed by atoms with Crippen LogP contribution in [-0.2, 0) is 4.79 Å². The fourth-order valence-corrected chi connectivity index (χ4v) is 3.12. The molecule has 26 heavy (non-hydrogen) atoms.